The Bertz CT molecular complexity index is 692. The molecule has 0 unspecified atom stereocenters. The van der Waals surface area contributed by atoms with Crippen molar-refractivity contribution in [2.45, 2.75) is 12.5 Å². The van der Waals surface area contributed by atoms with Crippen molar-refractivity contribution >= 4 is 11.8 Å². The zero-order valence-corrected chi connectivity index (χ0v) is 12.1. The Balaban J connectivity index is 2.49. The Morgan fingerprint density at radius 1 is 1.59 bits per heavy atom. The second kappa shape index (κ2) is 6.30. The van der Waals surface area contributed by atoms with Gasteiger partial charge in [0.05, 0.1) is 23.6 Å². The van der Waals surface area contributed by atoms with Crippen LogP contribution in [-0.2, 0) is 7.05 Å². The van der Waals surface area contributed by atoms with E-state index in [1.54, 1.807) is 23.9 Å². The number of carbonyl (C=O) groups is 1. The average Bonchev–Trinajstić information content (AvgIpc) is 2.76. The molecule has 4 N–H and O–H groups in total. The molecular formula is C15H17FN4O2. The van der Waals surface area contributed by atoms with E-state index in [0.29, 0.717) is 28.9 Å². The van der Waals surface area contributed by atoms with Gasteiger partial charge in [-0.2, -0.15) is 5.10 Å². The van der Waals surface area contributed by atoms with Crippen molar-refractivity contribution in [3.05, 3.63) is 48.4 Å². The largest absolute Gasteiger partial charge is 0.465 e. The third kappa shape index (κ3) is 3.25. The fourth-order valence-electron chi connectivity index (χ4n) is 2.35. The summed E-state index contributed by atoms with van der Waals surface area (Å²) < 4.78 is 15.5. The predicted octanol–water partition coefficient (Wildman–Crippen LogP) is 2.69. The summed E-state index contributed by atoms with van der Waals surface area (Å²) in [5.41, 5.74) is 7.89. The molecule has 116 valence electrons. The zero-order chi connectivity index (χ0) is 16.3. The SMILES string of the molecule is C=CC[C@H](NC(=O)O)c1cc(F)cc(-c2c(N)cnn2C)c1. The molecule has 1 aromatic carbocycles. The fraction of sp³-hybridized carbons (Fsp3) is 0.200. The quantitative estimate of drug-likeness (QED) is 0.740. The zero-order valence-electron chi connectivity index (χ0n) is 12.1. The molecule has 0 saturated carbocycles. The highest BCUT2D eigenvalue weighted by molar-refractivity contribution is 5.73. The molecule has 2 rings (SSSR count). The Morgan fingerprint density at radius 3 is 2.86 bits per heavy atom. The van der Waals surface area contributed by atoms with Crippen LogP contribution in [0.25, 0.3) is 11.3 Å². The third-order valence-corrected chi connectivity index (χ3v) is 3.26. The molecule has 2 aromatic rings. The summed E-state index contributed by atoms with van der Waals surface area (Å²) >= 11 is 0. The maximum Gasteiger partial charge on any atom is 0.405 e. The van der Waals surface area contributed by atoms with Gasteiger partial charge in [-0.25, -0.2) is 9.18 Å². The Kier molecular flexibility index (Phi) is 4.45. The van der Waals surface area contributed by atoms with Crippen molar-refractivity contribution in [1.82, 2.24) is 15.1 Å². The molecule has 0 fully saturated rings. The van der Waals surface area contributed by atoms with E-state index in [-0.39, 0.29) is 0 Å². The van der Waals surface area contributed by atoms with Gasteiger partial charge in [0.25, 0.3) is 0 Å². The summed E-state index contributed by atoms with van der Waals surface area (Å²) in [5.74, 6) is -0.477. The van der Waals surface area contributed by atoms with Gasteiger partial charge in [-0.15, -0.1) is 6.58 Å². The number of amides is 1. The molecule has 0 saturated heterocycles. The molecule has 7 heteroatoms. The molecule has 1 amide bonds. The summed E-state index contributed by atoms with van der Waals surface area (Å²) in [6, 6.07) is 3.74. The van der Waals surface area contributed by atoms with Crippen LogP contribution in [0.15, 0.2) is 37.1 Å². The maximum absolute atomic E-state index is 13.9. The number of aromatic nitrogens is 2. The topological polar surface area (TPSA) is 93.2 Å². The van der Waals surface area contributed by atoms with Crippen molar-refractivity contribution < 1.29 is 14.3 Å². The normalized spacial score (nSPS) is 11.9. The lowest BCUT2D eigenvalue weighted by molar-refractivity contribution is 0.190. The number of carboxylic acid groups (broad SMARTS) is 1. The highest BCUT2D eigenvalue weighted by Crippen LogP contribution is 2.29. The molecule has 22 heavy (non-hydrogen) atoms. The molecule has 0 spiro atoms. The van der Waals surface area contributed by atoms with E-state index in [0.717, 1.165) is 0 Å². The van der Waals surface area contributed by atoms with Crippen LogP contribution in [0.5, 0.6) is 0 Å². The molecule has 1 heterocycles. The van der Waals surface area contributed by atoms with Crippen LogP contribution >= 0.6 is 0 Å². The number of rotatable bonds is 5. The number of nitrogen functional groups attached to an aromatic ring is 1. The van der Waals surface area contributed by atoms with E-state index in [4.69, 9.17) is 10.8 Å². The number of hydrogen-bond donors (Lipinski definition) is 3. The van der Waals surface area contributed by atoms with Crippen LogP contribution in [0, 0.1) is 5.82 Å². The number of halogens is 1. The summed E-state index contributed by atoms with van der Waals surface area (Å²) in [5, 5.41) is 15.3. The first-order chi connectivity index (χ1) is 10.4. The fourth-order valence-corrected chi connectivity index (χ4v) is 2.35. The average molecular weight is 304 g/mol. The molecular weight excluding hydrogens is 287 g/mol. The van der Waals surface area contributed by atoms with Gasteiger partial charge in [-0.1, -0.05) is 6.08 Å². The molecule has 0 aliphatic rings. The second-order valence-corrected chi connectivity index (χ2v) is 4.87. The highest BCUT2D eigenvalue weighted by atomic mass is 19.1. The van der Waals surface area contributed by atoms with Gasteiger partial charge in [0.1, 0.15) is 5.82 Å². The Morgan fingerprint density at radius 2 is 2.32 bits per heavy atom. The summed E-state index contributed by atoms with van der Waals surface area (Å²) in [7, 11) is 1.70. The summed E-state index contributed by atoms with van der Waals surface area (Å²) in [6.45, 7) is 3.60. The van der Waals surface area contributed by atoms with Gasteiger partial charge in [0, 0.05) is 12.6 Å². The first-order valence-corrected chi connectivity index (χ1v) is 6.61. The molecule has 0 bridgehead atoms. The summed E-state index contributed by atoms with van der Waals surface area (Å²) in [6.07, 6.45) is 2.22. The standard InChI is InChI=1S/C15H17FN4O2/c1-3-4-13(19-15(21)22)9-5-10(7-11(16)6-9)14-12(17)8-18-20(14)2/h3,5-8,13,19H,1,4,17H2,2H3,(H,21,22)/t13-/m0/s1. The van der Waals surface area contributed by atoms with E-state index in [1.807, 2.05) is 0 Å². The number of aryl methyl sites for hydroxylation is 1. The maximum atomic E-state index is 13.9. The lowest BCUT2D eigenvalue weighted by Crippen LogP contribution is -2.26. The van der Waals surface area contributed by atoms with E-state index in [2.05, 4.69) is 17.0 Å². The number of hydrogen-bond acceptors (Lipinski definition) is 3. The van der Waals surface area contributed by atoms with Crippen LogP contribution < -0.4 is 11.1 Å². The number of nitrogens with two attached hydrogens (primary N) is 1. The van der Waals surface area contributed by atoms with Crippen molar-refractivity contribution in [3.63, 3.8) is 0 Å². The van der Waals surface area contributed by atoms with Gasteiger partial charge >= 0.3 is 6.09 Å². The van der Waals surface area contributed by atoms with Gasteiger partial charge in [0.2, 0.25) is 0 Å². The van der Waals surface area contributed by atoms with E-state index >= 15 is 0 Å². The van der Waals surface area contributed by atoms with Crippen LogP contribution in [-0.4, -0.2) is 21.0 Å². The van der Waals surface area contributed by atoms with Crippen LogP contribution in [0.2, 0.25) is 0 Å². The van der Waals surface area contributed by atoms with E-state index in [1.165, 1.54) is 18.3 Å². The number of anilines is 1. The van der Waals surface area contributed by atoms with Crippen molar-refractivity contribution in [3.8, 4) is 11.3 Å². The van der Waals surface area contributed by atoms with Crippen molar-refractivity contribution in [2.24, 2.45) is 7.05 Å². The predicted molar refractivity (Wildman–Crippen MR) is 81.7 cm³/mol. The Labute approximate surface area is 127 Å². The van der Waals surface area contributed by atoms with Crippen molar-refractivity contribution in [1.29, 1.82) is 0 Å². The molecule has 0 aliphatic heterocycles. The van der Waals surface area contributed by atoms with Crippen LogP contribution in [0.4, 0.5) is 14.9 Å². The van der Waals surface area contributed by atoms with Gasteiger partial charge in [-0.3, -0.25) is 4.68 Å². The second-order valence-electron chi connectivity index (χ2n) is 4.87. The lowest BCUT2D eigenvalue weighted by Gasteiger charge is -2.17. The van der Waals surface area contributed by atoms with Gasteiger partial charge < -0.3 is 16.2 Å². The molecule has 1 aromatic heterocycles. The number of nitrogens with zero attached hydrogens (tertiary/aromatic N) is 2. The molecule has 6 nitrogen and oxygen atoms in total. The first kappa shape index (κ1) is 15.6. The van der Waals surface area contributed by atoms with Crippen molar-refractivity contribution in [2.75, 3.05) is 5.73 Å². The highest BCUT2D eigenvalue weighted by Gasteiger charge is 2.17. The molecule has 0 aliphatic carbocycles. The lowest BCUT2D eigenvalue weighted by atomic mass is 9.99. The smallest absolute Gasteiger partial charge is 0.405 e. The number of nitrogens with one attached hydrogen (secondary N) is 1. The molecule has 1 atom stereocenters. The number of benzene rings is 1. The minimum atomic E-state index is -1.18. The van der Waals surface area contributed by atoms with Gasteiger partial charge in [0.15, 0.2) is 0 Å². The first-order valence-electron chi connectivity index (χ1n) is 6.61. The monoisotopic (exact) mass is 304 g/mol. The Hall–Kier alpha value is -2.83. The van der Waals surface area contributed by atoms with Gasteiger partial charge in [-0.05, 0) is 30.2 Å². The van der Waals surface area contributed by atoms with Crippen LogP contribution in [0.3, 0.4) is 0 Å². The molecule has 0 radical (unpaired) electrons. The summed E-state index contributed by atoms with van der Waals surface area (Å²) in [4.78, 5) is 10.9. The van der Waals surface area contributed by atoms with E-state index < -0.39 is 18.0 Å². The minimum Gasteiger partial charge on any atom is -0.465 e. The van der Waals surface area contributed by atoms with Crippen LogP contribution in [0.1, 0.15) is 18.0 Å². The third-order valence-electron chi connectivity index (χ3n) is 3.26. The minimum absolute atomic E-state index is 0.343. The van der Waals surface area contributed by atoms with E-state index in [9.17, 15) is 9.18 Å².